The molecule has 0 fully saturated rings. The van der Waals surface area contributed by atoms with Crippen molar-refractivity contribution in [2.24, 2.45) is 0 Å². The lowest BCUT2D eigenvalue weighted by molar-refractivity contribution is -0.141. The zero-order valence-electron chi connectivity index (χ0n) is 23.7. The fourth-order valence-corrected chi connectivity index (χ4v) is 5.99. The Hall–Kier alpha value is -2.78. The summed E-state index contributed by atoms with van der Waals surface area (Å²) in [7, 11) is -3.64. The smallest absolute Gasteiger partial charge is 0.243 e. The van der Waals surface area contributed by atoms with Crippen molar-refractivity contribution in [3.8, 4) is 0 Å². The Morgan fingerprint density at radius 1 is 0.881 bits per heavy atom. The van der Waals surface area contributed by atoms with Gasteiger partial charge in [0.2, 0.25) is 21.8 Å². The van der Waals surface area contributed by atoms with Gasteiger partial charge in [0.25, 0.3) is 0 Å². The van der Waals surface area contributed by atoms with Crippen LogP contribution in [0.2, 0.25) is 15.1 Å². The average Bonchev–Trinajstić information content (AvgIpc) is 2.94. The van der Waals surface area contributed by atoms with Crippen molar-refractivity contribution in [1.82, 2.24) is 10.2 Å². The Labute approximate surface area is 263 Å². The van der Waals surface area contributed by atoms with Crippen molar-refractivity contribution in [1.29, 1.82) is 0 Å². The molecule has 0 aliphatic rings. The maximum Gasteiger partial charge on any atom is 0.243 e. The Morgan fingerprint density at radius 2 is 1.62 bits per heavy atom. The second-order valence-corrected chi connectivity index (χ2v) is 13.2. The van der Waals surface area contributed by atoms with Gasteiger partial charge in [0, 0.05) is 37.5 Å². The number of nitrogens with one attached hydrogen (secondary N) is 1. The van der Waals surface area contributed by atoms with E-state index in [0.717, 1.165) is 24.7 Å². The topological polar surface area (TPSA) is 86.8 Å². The van der Waals surface area contributed by atoms with Crippen LogP contribution in [-0.4, -0.2) is 50.5 Å². The summed E-state index contributed by atoms with van der Waals surface area (Å²) < 4.78 is 26.4. The summed E-state index contributed by atoms with van der Waals surface area (Å²) in [6, 6.07) is 20.4. The molecule has 0 bridgehead atoms. The SMILES string of the molecule is CCCCNC(=O)[C@H](Cc1ccccc1)N(Cc1ccc(Cl)c(Cl)c1)C(=O)CCCN(c1cccc(Cl)c1)S(C)(=O)=O. The monoisotopic (exact) mass is 651 g/mol. The van der Waals surface area contributed by atoms with Gasteiger partial charge < -0.3 is 10.2 Å². The minimum atomic E-state index is -3.64. The maximum absolute atomic E-state index is 13.9. The van der Waals surface area contributed by atoms with Crippen molar-refractivity contribution in [2.75, 3.05) is 23.7 Å². The van der Waals surface area contributed by atoms with Crippen molar-refractivity contribution < 1.29 is 18.0 Å². The highest BCUT2D eigenvalue weighted by Crippen LogP contribution is 2.26. The molecule has 3 aromatic rings. The summed E-state index contributed by atoms with van der Waals surface area (Å²) in [5, 5.41) is 4.13. The minimum Gasteiger partial charge on any atom is -0.354 e. The van der Waals surface area contributed by atoms with Crippen molar-refractivity contribution in [3.63, 3.8) is 0 Å². The summed E-state index contributed by atoms with van der Waals surface area (Å²) in [4.78, 5) is 29.0. The lowest BCUT2D eigenvalue weighted by Crippen LogP contribution is -2.50. The molecule has 7 nitrogen and oxygen atoms in total. The Balaban J connectivity index is 1.89. The van der Waals surface area contributed by atoms with Gasteiger partial charge in [-0.25, -0.2) is 8.42 Å². The summed E-state index contributed by atoms with van der Waals surface area (Å²) in [6.45, 7) is 2.73. The van der Waals surface area contributed by atoms with Crippen LogP contribution in [0.25, 0.3) is 0 Å². The molecule has 3 rings (SSSR count). The van der Waals surface area contributed by atoms with Crippen molar-refractivity contribution in [3.05, 3.63) is 99.0 Å². The first-order valence-electron chi connectivity index (χ1n) is 13.8. The van der Waals surface area contributed by atoms with E-state index < -0.39 is 16.1 Å². The fourth-order valence-electron chi connectivity index (χ4n) is 4.53. The third-order valence-electron chi connectivity index (χ3n) is 6.69. The maximum atomic E-state index is 13.9. The number of benzene rings is 3. The Kier molecular flexibility index (Phi) is 13.0. The fraction of sp³-hybridized carbons (Fsp3) is 0.355. The van der Waals surface area contributed by atoms with Gasteiger partial charge in [-0.1, -0.05) is 90.6 Å². The molecule has 0 aromatic heterocycles. The van der Waals surface area contributed by atoms with E-state index in [0.29, 0.717) is 39.3 Å². The molecule has 1 atom stereocenters. The van der Waals surface area contributed by atoms with E-state index in [1.165, 1.54) is 4.31 Å². The van der Waals surface area contributed by atoms with Crippen molar-refractivity contribution in [2.45, 2.75) is 51.6 Å². The Bertz CT molecular complexity index is 1450. The van der Waals surface area contributed by atoms with Gasteiger partial charge in [-0.3, -0.25) is 13.9 Å². The second kappa shape index (κ2) is 16.2. The number of sulfonamides is 1. The zero-order chi connectivity index (χ0) is 30.7. The molecule has 0 spiro atoms. The largest absolute Gasteiger partial charge is 0.354 e. The molecule has 0 saturated carbocycles. The molecule has 0 aliphatic carbocycles. The predicted octanol–water partition coefficient (Wildman–Crippen LogP) is 6.75. The molecular weight excluding hydrogens is 617 g/mol. The van der Waals surface area contributed by atoms with Gasteiger partial charge in [0.15, 0.2) is 0 Å². The number of halogens is 3. The van der Waals surface area contributed by atoms with Gasteiger partial charge >= 0.3 is 0 Å². The predicted molar refractivity (Wildman–Crippen MR) is 172 cm³/mol. The number of nitrogens with zero attached hydrogens (tertiary/aromatic N) is 2. The summed E-state index contributed by atoms with van der Waals surface area (Å²) in [5.41, 5.74) is 2.04. The quantitative estimate of drug-likeness (QED) is 0.184. The van der Waals surface area contributed by atoms with Crippen LogP contribution in [0.15, 0.2) is 72.8 Å². The molecule has 2 amide bonds. The first-order valence-corrected chi connectivity index (χ1v) is 16.8. The molecule has 42 heavy (non-hydrogen) atoms. The number of anilines is 1. The lowest BCUT2D eigenvalue weighted by atomic mass is 10.0. The molecule has 0 unspecified atom stereocenters. The van der Waals surface area contributed by atoms with E-state index in [2.05, 4.69) is 5.32 Å². The minimum absolute atomic E-state index is 0.0153. The van der Waals surface area contributed by atoms with Crippen LogP contribution in [0.1, 0.15) is 43.7 Å². The number of carbonyl (C=O) groups is 2. The van der Waals surface area contributed by atoms with Crippen LogP contribution in [0, 0.1) is 0 Å². The van der Waals surface area contributed by atoms with Crippen molar-refractivity contribution >= 4 is 62.3 Å². The van der Waals surface area contributed by atoms with Crippen LogP contribution < -0.4 is 9.62 Å². The third kappa shape index (κ3) is 10.2. The molecular formula is C31H36Cl3N3O4S. The van der Waals surface area contributed by atoms with E-state index in [1.807, 2.05) is 37.3 Å². The van der Waals surface area contributed by atoms with Crippen LogP contribution >= 0.6 is 34.8 Å². The highest BCUT2D eigenvalue weighted by molar-refractivity contribution is 7.92. The molecule has 0 heterocycles. The standard InChI is InChI=1S/C31H36Cl3N3O4S/c1-3-4-17-35-31(39)29(20-23-10-6-5-7-11-23)36(22-24-15-16-27(33)28(34)19-24)30(38)14-9-18-37(42(2,40)41)26-13-8-12-25(32)21-26/h5-8,10-13,15-16,19,21,29H,3-4,9,14,17-18,20,22H2,1-2H3,(H,35,39)/t29-/m0/s1. The molecule has 0 radical (unpaired) electrons. The first kappa shape index (κ1) is 33.7. The van der Waals surface area contributed by atoms with Gasteiger partial charge in [0.05, 0.1) is 22.0 Å². The zero-order valence-corrected chi connectivity index (χ0v) is 26.8. The lowest BCUT2D eigenvalue weighted by Gasteiger charge is -2.32. The molecule has 0 aliphatic heterocycles. The summed E-state index contributed by atoms with van der Waals surface area (Å²) >= 11 is 18.5. The number of unbranched alkanes of at least 4 members (excludes halogenated alkanes) is 1. The van der Waals surface area contributed by atoms with Crippen LogP contribution in [-0.2, 0) is 32.6 Å². The molecule has 1 N–H and O–H groups in total. The van der Waals surface area contributed by atoms with Gasteiger partial charge in [-0.2, -0.15) is 0 Å². The number of rotatable bonds is 15. The van der Waals surface area contributed by atoms with Crippen LogP contribution in [0.5, 0.6) is 0 Å². The molecule has 0 saturated heterocycles. The molecule has 3 aromatic carbocycles. The van der Waals surface area contributed by atoms with E-state index in [1.54, 1.807) is 47.4 Å². The number of carbonyl (C=O) groups excluding carboxylic acids is 2. The summed E-state index contributed by atoms with van der Waals surface area (Å²) in [6.07, 6.45) is 3.40. The summed E-state index contributed by atoms with van der Waals surface area (Å²) in [5.74, 6) is -0.537. The van der Waals surface area contributed by atoms with E-state index >= 15 is 0 Å². The molecule has 11 heteroatoms. The molecule has 226 valence electrons. The van der Waals surface area contributed by atoms with E-state index in [9.17, 15) is 18.0 Å². The van der Waals surface area contributed by atoms with E-state index in [-0.39, 0.29) is 37.7 Å². The van der Waals surface area contributed by atoms with E-state index in [4.69, 9.17) is 34.8 Å². The third-order valence-corrected chi connectivity index (χ3v) is 8.85. The van der Waals surface area contributed by atoms with Gasteiger partial charge in [0.1, 0.15) is 6.04 Å². The normalized spacial score (nSPS) is 12.0. The first-order chi connectivity index (χ1) is 20.0. The Morgan fingerprint density at radius 3 is 2.26 bits per heavy atom. The number of hydrogen-bond donors (Lipinski definition) is 1. The highest BCUT2D eigenvalue weighted by Gasteiger charge is 2.30. The van der Waals surface area contributed by atoms with Crippen LogP contribution in [0.4, 0.5) is 5.69 Å². The average molecular weight is 653 g/mol. The second-order valence-electron chi connectivity index (χ2n) is 10.0. The number of hydrogen-bond acceptors (Lipinski definition) is 4. The van der Waals surface area contributed by atoms with Gasteiger partial charge in [-0.05, 0) is 54.3 Å². The van der Waals surface area contributed by atoms with Crippen LogP contribution in [0.3, 0.4) is 0 Å². The number of amides is 2. The highest BCUT2D eigenvalue weighted by atomic mass is 35.5. The van der Waals surface area contributed by atoms with Gasteiger partial charge in [-0.15, -0.1) is 0 Å².